The van der Waals surface area contributed by atoms with Crippen LogP contribution in [0.1, 0.15) is 5.56 Å². The molecule has 0 atom stereocenters. The molecule has 1 rings (SSSR count). The molecule has 0 spiro atoms. The summed E-state index contributed by atoms with van der Waals surface area (Å²) in [7, 11) is 0. The van der Waals surface area contributed by atoms with Crippen LogP contribution < -0.4 is 10.6 Å². The van der Waals surface area contributed by atoms with E-state index in [2.05, 4.69) is 5.32 Å². The number of imide groups is 1. The molecule has 0 unspecified atom stereocenters. The SMILES string of the molecule is N#Cc1ccc(Cl)c(NC(=O)NC(=O)/C=C/C(=O)O)c1. The second-order valence-corrected chi connectivity index (χ2v) is 3.83. The molecule has 0 aromatic heterocycles. The molecule has 3 N–H and O–H groups in total. The van der Waals surface area contributed by atoms with Crippen molar-refractivity contribution in [1.29, 1.82) is 5.26 Å². The minimum Gasteiger partial charge on any atom is -0.478 e. The summed E-state index contributed by atoms with van der Waals surface area (Å²) in [5, 5.41) is 21.3. The van der Waals surface area contributed by atoms with Gasteiger partial charge in [-0.1, -0.05) is 11.6 Å². The standard InChI is InChI=1S/C12H8ClN3O4/c13-8-2-1-7(6-14)5-9(8)15-12(20)16-10(17)3-4-11(18)19/h1-5H,(H,18,19)(H2,15,16,17,20)/b4-3+. The van der Waals surface area contributed by atoms with Crippen LogP contribution in [-0.4, -0.2) is 23.0 Å². The van der Waals surface area contributed by atoms with Crippen LogP contribution in [0.15, 0.2) is 30.4 Å². The van der Waals surface area contributed by atoms with Gasteiger partial charge in [0.1, 0.15) is 0 Å². The number of hydrogen-bond acceptors (Lipinski definition) is 4. The number of nitriles is 1. The fourth-order valence-electron chi connectivity index (χ4n) is 1.14. The molecule has 1 aromatic carbocycles. The first-order valence-corrected chi connectivity index (χ1v) is 5.53. The van der Waals surface area contributed by atoms with E-state index < -0.39 is 17.9 Å². The number of hydrogen-bond donors (Lipinski definition) is 3. The van der Waals surface area contributed by atoms with Crippen LogP contribution in [0.3, 0.4) is 0 Å². The summed E-state index contributed by atoms with van der Waals surface area (Å²) < 4.78 is 0. The highest BCUT2D eigenvalue weighted by molar-refractivity contribution is 6.33. The Morgan fingerprint density at radius 3 is 2.60 bits per heavy atom. The van der Waals surface area contributed by atoms with Gasteiger partial charge in [0.25, 0.3) is 5.91 Å². The monoisotopic (exact) mass is 293 g/mol. The lowest BCUT2D eigenvalue weighted by molar-refractivity contribution is -0.131. The van der Waals surface area contributed by atoms with Crippen LogP contribution in [0.25, 0.3) is 0 Å². The second kappa shape index (κ2) is 6.92. The van der Waals surface area contributed by atoms with Gasteiger partial charge in [-0.2, -0.15) is 5.26 Å². The Labute approximate surface area is 118 Å². The zero-order chi connectivity index (χ0) is 15.1. The number of benzene rings is 1. The summed E-state index contributed by atoms with van der Waals surface area (Å²) in [6.07, 6.45) is 1.28. The van der Waals surface area contributed by atoms with Gasteiger partial charge in [0.2, 0.25) is 0 Å². The lowest BCUT2D eigenvalue weighted by Crippen LogP contribution is -2.33. The Hall–Kier alpha value is -2.85. The molecule has 0 aliphatic rings. The first-order valence-electron chi connectivity index (χ1n) is 5.15. The fourth-order valence-corrected chi connectivity index (χ4v) is 1.31. The smallest absolute Gasteiger partial charge is 0.328 e. The maximum atomic E-state index is 11.5. The molecular formula is C12H8ClN3O4. The van der Waals surface area contributed by atoms with Crippen LogP contribution in [0, 0.1) is 11.3 Å². The van der Waals surface area contributed by atoms with Crippen LogP contribution in [-0.2, 0) is 9.59 Å². The van der Waals surface area contributed by atoms with Gasteiger partial charge in [-0.15, -0.1) is 0 Å². The maximum Gasteiger partial charge on any atom is 0.328 e. The van der Waals surface area contributed by atoms with Crippen molar-refractivity contribution in [2.45, 2.75) is 0 Å². The number of carboxylic acids is 1. The molecule has 0 aliphatic heterocycles. The molecule has 0 saturated carbocycles. The Morgan fingerprint density at radius 1 is 1.30 bits per heavy atom. The first kappa shape index (κ1) is 15.2. The second-order valence-electron chi connectivity index (χ2n) is 3.42. The van der Waals surface area contributed by atoms with Crippen molar-refractivity contribution in [3.63, 3.8) is 0 Å². The van der Waals surface area contributed by atoms with Gasteiger partial charge in [-0.05, 0) is 18.2 Å². The number of anilines is 1. The van der Waals surface area contributed by atoms with Gasteiger partial charge in [0.15, 0.2) is 0 Å². The summed E-state index contributed by atoms with van der Waals surface area (Å²) in [5.41, 5.74) is 0.431. The summed E-state index contributed by atoms with van der Waals surface area (Å²) in [6.45, 7) is 0. The van der Waals surface area contributed by atoms with Gasteiger partial charge in [-0.25, -0.2) is 9.59 Å². The summed E-state index contributed by atoms with van der Waals surface area (Å²) in [4.78, 5) is 32.8. The van der Waals surface area contributed by atoms with Gasteiger partial charge < -0.3 is 10.4 Å². The number of halogens is 1. The van der Waals surface area contributed by atoms with Gasteiger partial charge >= 0.3 is 12.0 Å². The number of amides is 3. The third kappa shape index (κ3) is 4.80. The fraction of sp³-hybridized carbons (Fsp3) is 0. The normalized spacial score (nSPS) is 9.80. The first-order chi connectivity index (χ1) is 9.42. The number of urea groups is 1. The molecule has 0 bridgehead atoms. The largest absolute Gasteiger partial charge is 0.478 e. The van der Waals surface area contributed by atoms with E-state index in [9.17, 15) is 14.4 Å². The number of carbonyl (C=O) groups is 3. The maximum absolute atomic E-state index is 11.5. The molecule has 0 heterocycles. The van der Waals surface area contributed by atoms with Gasteiger partial charge in [0.05, 0.1) is 22.3 Å². The molecule has 0 aliphatic carbocycles. The Bertz CT molecular complexity index is 634. The Morgan fingerprint density at radius 2 is 2.00 bits per heavy atom. The zero-order valence-electron chi connectivity index (χ0n) is 9.88. The highest BCUT2D eigenvalue weighted by Crippen LogP contribution is 2.22. The minimum absolute atomic E-state index is 0.151. The zero-order valence-corrected chi connectivity index (χ0v) is 10.6. The van der Waals surface area contributed by atoms with Crippen molar-refractivity contribution in [3.8, 4) is 6.07 Å². The van der Waals surface area contributed by atoms with E-state index in [1.807, 2.05) is 11.4 Å². The van der Waals surface area contributed by atoms with Gasteiger partial charge in [-0.3, -0.25) is 10.1 Å². The molecular weight excluding hydrogens is 286 g/mol. The van der Waals surface area contributed by atoms with Crippen molar-refractivity contribution in [3.05, 3.63) is 40.9 Å². The highest BCUT2D eigenvalue weighted by atomic mass is 35.5. The van der Waals surface area contributed by atoms with Crippen LogP contribution >= 0.6 is 11.6 Å². The van der Waals surface area contributed by atoms with Crippen LogP contribution in [0.2, 0.25) is 5.02 Å². The molecule has 0 radical (unpaired) electrons. The topological polar surface area (TPSA) is 119 Å². The average Bonchev–Trinajstić information content (AvgIpc) is 2.39. The Kier molecular flexibility index (Phi) is 5.26. The van der Waals surface area contributed by atoms with E-state index in [0.717, 1.165) is 0 Å². The predicted molar refractivity (Wildman–Crippen MR) is 70.1 cm³/mol. The third-order valence-electron chi connectivity index (χ3n) is 1.96. The van der Waals surface area contributed by atoms with Crippen molar-refractivity contribution in [2.75, 3.05) is 5.32 Å². The third-order valence-corrected chi connectivity index (χ3v) is 2.29. The molecule has 3 amide bonds. The number of rotatable bonds is 3. The van der Waals surface area contributed by atoms with E-state index >= 15 is 0 Å². The van der Waals surface area contributed by atoms with E-state index in [0.29, 0.717) is 12.2 Å². The summed E-state index contributed by atoms with van der Waals surface area (Å²) in [6, 6.07) is 5.18. The quantitative estimate of drug-likeness (QED) is 0.730. The molecule has 0 fully saturated rings. The van der Waals surface area contributed by atoms with E-state index in [-0.39, 0.29) is 16.3 Å². The highest BCUT2D eigenvalue weighted by Gasteiger charge is 2.09. The molecule has 102 valence electrons. The minimum atomic E-state index is -1.31. The Balaban J connectivity index is 2.70. The van der Waals surface area contributed by atoms with Crippen LogP contribution in [0.5, 0.6) is 0 Å². The van der Waals surface area contributed by atoms with Crippen molar-refractivity contribution >= 4 is 35.2 Å². The van der Waals surface area contributed by atoms with Gasteiger partial charge in [0, 0.05) is 12.2 Å². The summed E-state index contributed by atoms with van der Waals surface area (Å²) in [5.74, 6) is -2.22. The van der Waals surface area contributed by atoms with Crippen molar-refractivity contribution < 1.29 is 19.5 Å². The number of nitrogens with one attached hydrogen (secondary N) is 2. The number of aliphatic carboxylic acids is 1. The van der Waals surface area contributed by atoms with Crippen molar-refractivity contribution in [1.82, 2.24) is 5.32 Å². The lowest BCUT2D eigenvalue weighted by atomic mass is 10.2. The average molecular weight is 294 g/mol. The molecule has 8 heteroatoms. The van der Waals surface area contributed by atoms with E-state index in [1.54, 1.807) is 0 Å². The summed E-state index contributed by atoms with van der Waals surface area (Å²) >= 11 is 5.81. The van der Waals surface area contributed by atoms with Crippen molar-refractivity contribution in [2.24, 2.45) is 0 Å². The number of nitrogens with zero attached hydrogens (tertiary/aromatic N) is 1. The number of carboxylic acid groups (broad SMARTS) is 1. The van der Waals surface area contributed by atoms with E-state index in [4.69, 9.17) is 22.0 Å². The molecule has 1 aromatic rings. The molecule has 0 saturated heterocycles. The predicted octanol–water partition coefficient (Wildman–Crippen LogP) is 1.50. The van der Waals surface area contributed by atoms with E-state index in [1.165, 1.54) is 18.2 Å². The van der Waals surface area contributed by atoms with Crippen LogP contribution in [0.4, 0.5) is 10.5 Å². The molecule has 20 heavy (non-hydrogen) atoms. The molecule has 7 nitrogen and oxygen atoms in total. The lowest BCUT2D eigenvalue weighted by Gasteiger charge is -2.07. The number of carbonyl (C=O) groups excluding carboxylic acids is 2.